The molecule has 3 atom stereocenters. The predicted octanol–water partition coefficient (Wildman–Crippen LogP) is 8.78. The highest BCUT2D eigenvalue weighted by Crippen LogP contribution is 2.35. The summed E-state index contributed by atoms with van der Waals surface area (Å²) in [5, 5.41) is 19.7. The Morgan fingerprint density at radius 2 is 1.63 bits per heavy atom. The SMILES string of the molecule is Cc1ncsc1-c1ccc(CNC(=O)C2CC(O)CN2C(=O)C(NC(=O)CCCCCCCCOc2cc(C(=O)Nc3c(Cl)cncc3Cl)ccc2OCC2CC2)C(C)(C)C)cc1. The lowest BCUT2D eigenvalue weighted by Gasteiger charge is -2.35. The normalized spacial score (nSPS) is 16.7. The number of hydrogen-bond acceptors (Lipinski definition) is 10. The summed E-state index contributed by atoms with van der Waals surface area (Å²) in [6.07, 6.45) is 9.76. The van der Waals surface area contributed by atoms with Crippen LogP contribution in [0.5, 0.6) is 11.5 Å². The van der Waals surface area contributed by atoms with E-state index in [1.165, 1.54) is 17.3 Å². The number of β-amino-alcohol motifs (C(OH)–C–C–N with tert-alkyl or cyclic N) is 1. The van der Waals surface area contributed by atoms with E-state index in [2.05, 4.69) is 25.9 Å². The first-order valence-corrected chi connectivity index (χ1v) is 23.4. The fraction of sp³-hybridized carbons (Fsp3) is 0.489. The average molecular weight is 922 g/mol. The fourth-order valence-corrected chi connectivity index (χ4v) is 8.65. The van der Waals surface area contributed by atoms with Crippen molar-refractivity contribution in [2.45, 2.75) is 117 Å². The van der Waals surface area contributed by atoms with E-state index in [-0.39, 0.29) is 59.4 Å². The van der Waals surface area contributed by atoms with Gasteiger partial charge in [-0.25, -0.2) is 4.98 Å². The number of likely N-dealkylation sites (tertiary alicyclic amines) is 1. The molecule has 1 saturated carbocycles. The lowest BCUT2D eigenvalue weighted by Crippen LogP contribution is -2.57. The number of unbranched alkanes of at least 4 members (excludes halogenated alkanes) is 5. The molecule has 2 aromatic carbocycles. The van der Waals surface area contributed by atoms with Gasteiger partial charge in [-0.15, -0.1) is 11.3 Å². The van der Waals surface area contributed by atoms with Crippen molar-refractivity contribution in [2.24, 2.45) is 11.3 Å². The van der Waals surface area contributed by atoms with Gasteiger partial charge in [0.05, 0.1) is 51.1 Å². The number of nitrogens with one attached hydrogen (secondary N) is 3. The zero-order chi connectivity index (χ0) is 45.1. The number of nitrogens with zero attached hydrogens (tertiary/aromatic N) is 3. The van der Waals surface area contributed by atoms with Crippen LogP contribution >= 0.6 is 34.5 Å². The Morgan fingerprint density at radius 3 is 2.30 bits per heavy atom. The number of aliphatic hydroxyl groups is 1. The Labute approximate surface area is 383 Å². The number of halogens is 2. The smallest absolute Gasteiger partial charge is 0.255 e. The number of aryl methyl sites for hydroxylation is 1. The molecular formula is C47H58Cl2N6O7S. The molecule has 0 bridgehead atoms. The van der Waals surface area contributed by atoms with Gasteiger partial charge in [-0.3, -0.25) is 24.2 Å². The number of aromatic nitrogens is 2. The molecule has 2 fully saturated rings. The van der Waals surface area contributed by atoms with Gasteiger partial charge in [0.25, 0.3) is 5.91 Å². The van der Waals surface area contributed by atoms with Gasteiger partial charge >= 0.3 is 0 Å². The molecule has 0 radical (unpaired) electrons. The van der Waals surface area contributed by atoms with Crippen LogP contribution < -0.4 is 25.4 Å². The number of carbonyl (C=O) groups is 4. The minimum Gasteiger partial charge on any atom is -0.490 e. The number of anilines is 1. The predicted molar refractivity (Wildman–Crippen MR) is 246 cm³/mol. The summed E-state index contributed by atoms with van der Waals surface area (Å²) in [7, 11) is 0. The summed E-state index contributed by atoms with van der Waals surface area (Å²) in [5.74, 6) is 0.286. The van der Waals surface area contributed by atoms with Crippen LogP contribution in [0.1, 0.15) is 107 Å². The Balaban J connectivity index is 0.914. The van der Waals surface area contributed by atoms with Crippen LogP contribution in [0, 0.1) is 18.3 Å². The molecule has 6 rings (SSSR count). The van der Waals surface area contributed by atoms with E-state index in [1.807, 2.05) is 57.5 Å². The largest absolute Gasteiger partial charge is 0.490 e. The van der Waals surface area contributed by atoms with E-state index in [4.69, 9.17) is 32.7 Å². The first-order valence-electron chi connectivity index (χ1n) is 21.7. The topological polar surface area (TPSA) is 172 Å². The molecule has 3 heterocycles. The Kier molecular flexibility index (Phi) is 16.8. The Hall–Kier alpha value is -4.76. The zero-order valence-corrected chi connectivity index (χ0v) is 38.7. The monoisotopic (exact) mass is 920 g/mol. The average Bonchev–Trinajstić information content (AvgIpc) is 3.85. The zero-order valence-electron chi connectivity index (χ0n) is 36.4. The fourth-order valence-electron chi connectivity index (χ4n) is 7.38. The van der Waals surface area contributed by atoms with E-state index >= 15 is 0 Å². The standard InChI is InChI=1S/C47H58Cl2N6O7S/c1-29-42(63-28-52-29)32-16-14-30(15-17-32)23-51-45(59)37-22-34(56)26-55(37)46(60)43(47(2,3)4)53-40(57)11-9-7-5-6-8-10-20-61-39-21-33(18-19-38(39)62-27-31-12-13-31)44(58)54-41-35(48)24-50-25-36(41)49/h14-19,21,24-25,28,31,34,37,43,56H,5-13,20,22-23,26-27H2,1-4H3,(H,51,59)(H,53,57)(H,50,54,58). The van der Waals surface area contributed by atoms with Crippen molar-refractivity contribution in [3.63, 3.8) is 0 Å². The van der Waals surface area contributed by atoms with Crippen molar-refractivity contribution in [3.8, 4) is 21.9 Å². The molecule has 2 aliphatic rings. The highest BCUT2D eigenvalue weighted by Gasteiger charge is 2.44. The molecule has 1 aliphatic heterocycles. The van der Waals surface area contributed by atoms with Gasteiger partial charge in [-0.05, 0) is 73.3 Å². The van der Waals surface area contributed by atoms with E-state index < -0.39 is 29.5 Å². The number of thiazole rings is 1. The van der Waals surface area contributed by atoms with E-state index in [9.17, 15) is 24.3 Å². The van der Waals surface area contributed by atoms with Crippen LogP contribution in [-0.2, 0) is 20.9 Å². The maximum Gasteiger partial charge on any atom is 0.255 e. The van der Waals surface area contributed by atoms with Crippen molar-refractivity contribution in [3.05, 3.63) is 87.2 Å². The molecule has 2 aromatic heterocycles. The quantitative estimate of drug-likeness (QED) is 0.0597. The lowest BCUT2D eigenvalue weighted by atomic mass is 9.85. The lowest BCUT2D eigenvalue weighted by molar-refractivity contribution is -0.144. The molecule has 4 amide bonds. The van der Waals surface area contributed by atoms with Gasteiger partial charge in [-0.1, -0.05) is 93.9 Å². The van der Waals surface area contributed by atoms with Crippen LogP contribution in [0.15, 0.2) is 60.4 Å². The summed E-state index contributed by atoms with van der Waals surface area (Å²) in [4.78, 5) is 64.5. The van der Waals surface area contributed by atoms with E-state index in [0.29, 0.717) is 42.6 Å². The van der Waals surface area contributed by atoms with Gasteiger partial charge in [0.1, 0.15) is 12.1 Å². The van der Waals surface area contributed by atoms with Crippen LogP contribution in [0.3, 0.4) is 0 Å². The molecule has 4 aromatic rings. The van der Waals surface area contributed by atoms with Gasteiger partial charge in [-0.2, -0.15) is 0 Å². The first-order chi connectivity index (χ1) is 30.2. The Bertz CT molecular complexity index is 2190. The number of aliphatic hydroxyl groups excluding tert-OH is 1. The maximum absolute atomic E-state index is 14.0. The van der Waals surface area contributed by atoms with E-state index in [1.54, 1.807) is 29.5 Å². The maximum atomic E-state index is 14.0. The summed E-state index contributed by atoms with van der Waals surface area (Å²) in [6.45, 7) is 8.94. The van der Waals surface area contributed by atoms with Gasteiger partial charge < -0.3 is 35.4 Å². The molecule has 13 nitrogen and oxygen atoms in total. The number of benzene rings is 2. The molecule has 4 N–H and O–H groups in total. The number of pyridine rings is 1. The van der Waals surface area contributed by atoms with Crippen molar-refractivity contribution in [1.82, 2.24) is 25.5 Å². The molecule has 3 unspecified atom stereocenters. The van der Waals surface area contributed by atoms with Crippen LogP contribution in [0.25, 0.3) is 10.4 Å². The molecular weight excluding hydrogens is 864 g/mol. The summed E-state index contributed by atoms with van der Waals surface area (Å²) < 4.78 is 12.2. The van der Waals surface area contributed by atoms with Crippen molar-refractivity contribution >= 4 is 63.9 Å². The molecule has 1 aliphatic carbocycles. The second kappa shape index (κ2) is 22.2. The van der Waals surface area contributed by atoms with Gasteiger partial charge in [0, 0.05) is 43.9 Å². The highest BCUT2D eigenvalue weighted by atomic mass is 35.5. The van der Waals surface area contributed by atoms with Gasteiger partial charge in [0.2, 0.25) is 17.7 Å². The number of hydrogen-bond donors (Lipinski definition) is 4. The molecule has 16 heteroatoms. The third kappa shape index (κ3) is 13.6. The number of carbonyl (C=O) groups excluding carboxylic acids is 4. The van der Waals surface area contributed by atoms with Crippen LogP contribution in [0.2, 0.25) is 10.0 Å². The Morgan fingerprint density at radius 1 is 0.937 bits per heavy atom. The second-order valence-electron chi connectivity index (χ2n) is 17.5. The van der Waals surface area contributed by atoms with Crippen LogP contribution in [-0.4, -0.2) is 81.5 Å². The third-order valence-corrected chi connectivity index (χ3v) is 12.8. The summed E-state index contributed by atoms with van der Waals surface area (Å²) in [6, 6.07) is 11.3. The number of amides is 4. The highest BCUT2D eigenvalue weighted by molar-refractivity contribution is 7.13. The van der Waals surface area contributed by atoms with Crippen LogP contribution in [0.4, 0.5) is 5.69 Å². The van der Waals surface area contributed by atoms with Crippen molar-refractivity contribution in [2.75, 3.05) is 25.1 Å². The second-order valence-corrected chi connectivity index (χ2v) is 19.2. The summed E-state index contributed by atoms with van der Waals surface area (Å²) in [5.41, 5.74) is 4.77. The number of rotatable bonds is 21. The minimum atomic E-state index is -0.874. The first kappa shape index (κ1) is 47.7. The summed E-state index contributed by atoms with van der Waals surface area (Å²) >= 11 is 14.0. The van der Waals surface area contributed by atoms with Gasteiger partial charge in [0.15, 0.2) is 11.5 Å². The van der Waals surface area contributed by atoms with E-state index in [0.717, 1.165) is 66.6 Å². The minimum absolute atomic E-state index is 0.0185. The van der Waals surface area contributed by atoms with Crippen molar-refractivity contribution < 1.29 is 33.8 Å². The molecule has 338 valence electrons. The third-order valence-electron chi connectivity index (χ3n) is 11.2. The van der Waals surface area contributed by atoms with Crippen molar-refractivity contribution in [1.29, 1.82) is 0 Å². The molecule has 0 spiro atoms. The molecule has 1 saturated heterocycles. The number of ether oxygens (including phenoxy) is 2. The molecule has 63 heavy (non-hydrogen) atoms.